The summed E-state index contributed by atoms with van der Waals surface area (Å²) >= 11 is 0. The summed E-state index contributed by atoms with van der Waals surface area (Å²) in [4.78, 5) is 17.2. The van der Waals surface area contributed by atoms with Gasteiger partial charge in [-0.3, -0.25) is 0 Å². The van der Waals surface area contributed by atoms with Gasteiger partial charge in [-0.15, -0.1) is 0 Å². The number of hydrogen-bond donors (Lipinski definition) is 1. The van der Waals surface area contributed by atoms with Crippen molar-refractivity contribution in [3.05, 3.63) is 107 Å². The second-order valence-corrected chi connectivity index (χ2v) is 6.02. The molecule has 0 saturated carbocycles. The Labute approximate surface area is 152 Å². The highest BCUT2D eigenvalue weighted by atomic mass is 16.7. The van der Waals surface area contributed by atoms with Gasteiger partial charge in [0.15, 0.2) is 5.84 Å². The molecule has 3 aromatic rings. The number of carbonyl (C=O) groups is 1. The maximum absolute atomic E-state index is 12.2. The third-order valence-corrected chi connectivity index (χ3v) is 4.08. The molecule has 0 bridgehead atoms. The Balaban J connectivity index is 1.85. The summed E-state index contributed by atoms with van der Waals surface area (Å²) < 4.78 is 0. The second kappa shape index (κ2) is 8.12. The molecule has 3 rings (SSSR count). The zero-order chi connectivity index (χ0) is 18.4. The Morgan fingerprint density at radius 1 is 0.846 bits per heavy atom. The molecule has 0 atom stereocenters. The summed E-state index contributed by atoms with van der Waals surface area (Å²) in [6.45, 7) is 1.95. The molecule has 4 nitrogen and oxygen atoms in total. The lowest BCUT2D eigenvalue weighted by Crippen LogP contribution is -2.24. The molecule has 130 valence electrons. The van der Waals surface area contributed by atoms with E-state index in [1.807, 2.05) is 79.7 Å². The number of nitrogens with zero attached hydrogens (tertiary/aromatic N) is 1. The molecule has 3 aromatic carbocycles. The van der Waals surface area contributed by atoms with Crippen LogP contribution < -0.4 is 5.73 Å². The quantitative estimate of drug-likeness (QED) is 0.326. The number of carbonyl (C=O) groups excluding carboxylic acids is 1. The predicted molar refractivity (Wildman–Crippen MR) is 103 cm³/mol. The highest BCUT2D eigenvalue weighted by Crippen LogP contribution is 2.24. The molecule has 0 amide bonds. The van der Waals surface area contributed by atoms with Crippen molar-refractivity contribution in [3.63, 3.8) is 0 Å². The van der Waals surface area contributed by atoms with Gasteiger partial charge in [0.05, 0.1) is 11.5 Å². The fourth-order valence-corrected chi connectivity index (χ4v) is 2.71. The van der Waals surface area contributed by atoms with E-state index in [-0.39, 0.29) is 11.8 Å². The minimum Gasteiger partial charge on any atom is -0.384 e. The molecule has 2 N–H and O–H groups in total. The van der Waals surface area contributed by atoms with Gasteiger partial charge < -0.3 is 10.6 Å². The zero-order valence-corrected chi connectivity index (χ0v) is 14.5. The van der Waals surface area contributed by atoms with Crippen molar-refractivity contribution in [2.75, 3.05) is 0 Å². The Morgan fingerprint density at radius 3 is 1.85 bits per heavy atom. The fraction of sp³-hybridized carbons (Fsp3) is 0.0909. The summed E-state index contributed by atoms with van der Waals surface area (Å²) in [5, 5.41) is 3.92. The van der Waals surface area contributed by atoms with E-state index in [4.69, 9.17) is 10.6 Å². The van der Waals surface area contributed by atoms with Gasteiger partial charge >= 0.3 is 5.97 Å². The van der Waals surface area contributed by atoms with E-state index in [0.29, 0.717) is 5.56 Å². The SMILES string of the molecule is Cc1ccc(C(=O)ON=C(N)C(c2ccccc2)c2ccccc2)cc1. The van der Waals surface area contributed by atoms with Gasteiger partial charge in [-0.2, -0.15) is 0 Å². The number of aryl methyl sites for hydroxylation is 1. The first-order valence-electron chi connectivity index (χ1n) is 8.36. The van der Waals surface area contributed by atoms with E-state index < -0.39 is 5.97 Å². The van der Waals surface area contributed by atoms with Crippen LogP contribution in [0.5, 0.6) is 0 Å². The summed E-state index contributed by atoms with van der Waals surface area (Å²) in [6.07, 6.45) is 0. The van der Waals surface area contributed by atoms with E-state index in [2.05, 4.69) is 5.16 Å². The first-order valence-corrected chi connectivity index (χ1v) is 8.36. The predicted octanol–water partition coefficient (Wildman–Crippen LogP) is 4.26. The van der Waals surface area contributed by atoms with Crippen LogP contribution in [0.3, 0.4) is 0 Å². The smallest absolute Gasteiger partial charge is 0.365 e. The van der Waals surface area contributed by atoms with Crippen molar-refractivity contribution >= 4 is 11.8 Å². The number of amidine groups is 1. The van der Waals surface area contributed by atoms with E-state index in [1.54, 1.807) is 12.1 Å². The van der Waals surface area contributed by atoms with E-state index in [0.717, 1.165) is 16.7 Å². The number of oxime groups is 1. The Hall–Kier alpha value is -3.40. The van der Waals surface area contributed by atoms with Gasteiger partial charge in [0.2, 0.25) is 0 Å². The van der Waals surface area contributed by atoms with Gasteiger partial charge in [-0.25, -0.2) is 4.79 Å². The summed E-state index contributed by atoms with van der Waals surface area (Å²) in [5.74, 6) is -0.598. The Kier molecular flexibility index (Phi) is 5.44. The largest absolute Gasteiger partial charge is 0.384 e. The van der Waals surface area contributed by atoms with Crippen molar-refractivity contribution in [3.8, 4) is 0 Å². The van der Waals surface area contributed by atoms with Crippen LogP contribution in [0, 0.1) is 6.92 Å². The van der Waals surface area contributed by atoms with Crippen molar-refractivity contribution in [1.29, 1.82) is 0 Å². The lowest BCUT2D eigenvalue weighted by atomic mass is 9.90. The van der Waals surface area contributed by atoms with Gasteiger partial charge in [-0.05, 0) is 30.2 Å². The summed E-state index contributed by atoms with van der Waals surface area (Å²) in [6, 6.07) is 26.6. The normalized spacial score (nSPS) is 11.4. The van der Waals surface area contributed by atoms with E-state index >= 15 is 0 Å². The van der Waals surface area contributed by atoms with Gasteiger partial charge in [0.25, 0.3) is 0 Å². The van der Waals surface area contributed by atoms with Crippen molar-refractivity contribution in [2.45, 2.75) is 12.8 Å². The maximum atomic E-state index is 12.2. The second-order valence-electron chi connectivity index (χ2n) is 6.02. The molecule has 0 aromatic heterocycles. The van der Waals surface area contributed by atoms with Crippen LogP contribution in [0.25, 0.3) is 0 Å². The van der Waals surface area contributed by atoms with E-state index in [9.17, 15) is 4.79 Å². The first-order chi connectivity index (χ1) is 12.6. The molecular weight excluding hydrogens is 324 g/mol. The van der Waals surface area contributed by atoms with Crippen molar-refractivity contribution in [2.24, 2.45) is 10.9 Å². The molecule has 0 aliphatic carbocycles. The van der Waals surface area contributed by atoms with Crippen LogP contribution in [0.15, 0.2) is 90.1 Å². The molecule has 0 unspecified atom stereocenters. The summed E-state index contributed by atoms with van der Waals surface area (Å²) in [5.41, 5.74) is 9.66. The molecule has 0 spiro atoms. The van der Waals surface area contributed by atoms with Gasteiger partial charge in [0, 0.05) is 0 Å². The van der Waals surface area contributed by atoms with Gasteiger partial charge in [-0.1, -0.05) is 83.5 Å². The molecular formula is C22H20N2O2. The summed E-state index contributed by atoms with van der Waals surface area (Å²) in [7, 11) is 0. The third kappa shape index (κ3) is 4.16. The highest BCUT2D eigenvalue weighted by Gasteiger charge is 2.19. The third-order valence-electron chi connectivity index (χ3n) is 4.08. The Bertz CT molecular complexity index is 849. The number of rotatable bonds is 5. The lowest BCUT2D eigenvalue weighted by Gasteiger charge is -2.17. The van der Waals surface area contributed by atoms with Crippen LogP contribution in [-0.4, -0.2) is 11.8 Å². The van der Waals surface area contributed by atoms with Crippen LogP contribution in [0.4, 0.5) is 0 Å². The molecule has 0 saturated heterocycles. The fourth-order valence-electron chi connectivity index (χ4n) is 2.71. The lowest BCUT2D eigenvalue weighted by molar-refractivity contribution is 0.0514. The van der Waals surface area contributed by atoms with Crippen LogP contribution >= 0.6 is 0 Å². The molecule has 0 radical (unpaired) electrons. The van der Waals surface area contributed by atoms with Crippen molar-refractivity contribution < 1.29 is 9.63 Å². The van der Waals surface area contributed by atoms with Crippen LogP contribution in [0.1, 0.15) is 33.0 Å². The average Bonchev–Trinajstić information content (AvgIpc) is 2.68. The van der Waals surface area contributed by atoms with Crippen LogP contribution in [0.2, 0.25) is 0 Å². The molecule has 26 heavy (non-hydrogen) atoms. The van der Waals surface area contributed by atoms with Crippen molar-refractivity contribution in [1.82, 2.24) is 0 Å². The Morgan fingerprint density at radius 2 is 1.35 bits per heavy atom. The molecule has 0 heterocycles. The topological polar surface area (TPSA) is 64.7 Å². The number of nitrogens with two attached hydrogens (primary N) is 1. The first kappa shape index (κ1) is 17.4. The number of hydrogen-bond acceptors (Lipinski definition) is 3. The molecule has 0 fully saturated rings. The minimum absolute atomic E-state index is 0.225. The minimum atomic E-state index is -0.534. The van der Waals surface area contributed by atoms with Crippen LogP contribution in [-0.2, 0) is 4.84 Å². The monoisotopic (exact) mass is 344 g/mol. The molecule has 4 heteroatoms. The standard InChI is InChI=1S/C22H20N2O2/c1-16-12-14-19(15-13-16)22(25)26-24-21(23)20(17-8-4-2-5-9-17)18-10-6-3-7-11-18/h2-15,20H,1H3,(H2,23,24). The molecule has 0 aliphatic rings. The van der Waals surface area contributed by atoms with Gasteiger partial charge in [0.1, 0.15) is 0 Å². The van der Waals surface area contributed by atoms with E-state index in [1.165, 1.54) is 0 Å². The highest BCUT2D eigenvalue weighted by molar-refractivity contribution is 5.93. The zero-order valence-electron chi connectivity index (χ0n) is 14.5. The molecule has 0 aliphatic heterocycles. The average molecular weight is 344 g/mol. The maximum Gasteiger partial charge on any atom is 0.365 e. The number of benzene rings is 3.